The third kappa shape index (κ3) is 4.80. The average molecular weight is 334 g/mol. The lowest BCUT2D eigenvalue weighted by Crippen LogP contribution is -2.08. The largest absolute Gasteiger partial charge is 0.385 e. The molecule has 0 N–H and O–H groups in total. The monoisotopic (exact) mass is 334 g/mol. The molecule has 3 heteroatoms. The molecule has 0 fully saturated rings. The Kier molecular flexibility index (Phi) is 7.00. The van der Waals surface area contributed by atoms with Crippen molar-refractivity contribution in [2.24, 2.45) is 0 Å². The molecule has 2 nitrogen and oxygen atoms in total. The second-order valence-electron chi connectivity index (χ2n) is 3.77. The van der Waals surface area contributed by atoms with Gasteiger partial charge in [-0.05, 0) is 18.9 Å². The Morgan fingerprint density at radius 1 is 1.19 bits per heavy atom. The topological polar surface area (TPSA) is 18.5 Å². The predicted octanol–water partition coefficient (Wildman–Crippen LogP) is 3.52. The average Bonchev–Trinajstić information content (AvgIpc) is 2.31. The first-order valence-corrected chi connectivity index (χ1v) is 7.03. The van der Waals surface area contributed by atoms with Crippen LogP contribution in [-0.2, 0) is 9.47 Å². The maximum absolute atomic E-state index is 5.83. The van der Waals surface area contributed by atoms with Crippen molar-refractivity contribution in [3.63, 3.8) is 0 Å². The molecule has 0 amide bonds. The van der Waals surface area contributed by atoms with Gasteiger partial charge in [0.05, 0.1) is 6.10 Å². The molecule has 0 radical (unpaired) electrons. The fraction of sp³-hybridized carbons (Fsp3) is 0.538. The molecular formula is C13H19IO2. The Labute approximate surface area is 111 Å². The summed E-state index contributed by atoms with van der Waals surface area (Å²) in [4.78, 5) is 0. The Morgan fingerprint density at radius 3 is 2.44 bits per heavy atom. The molecule has 1 atom stereocenters. The summed E-state index contributed by atoms with van der Waals surface area (Å²) in [6.45, 7) is 3.62. The molecule has 1 unspecified atom stereocenters. The van der Waals surface area contributed by atoms with Crippen molar-refractivity contribution in [1.82, 2.24) is 0 Å². The van der Waals surface area contributed by atoms with Crippen LogP contribution in [0.25, 0.3) is 0 Å². The van der Waals surface area contributed by atoms with Crippen LogP contribution in [0.5, 0.6) is 0 Å². The van der Waals surface area contributed by atoms with E-state index in [1.807, 2.05) is 0 Å². The lowest BCUT2D eigenvalue weighted by atomic mass is 10.1. The van der Waals surface area contributed by atoms with E-state index in [4.69, 9.17) is 9.47 Å². The molecule has 0 spiro atoms. The van der Waals surface area contributed by atoms with Crippen LogP contribution in [0.15, 0.2) is 24.3 Å². The number of benzene rings is 1. The second kappa shape index (κ2) is 8.03. The molecule has 1 aromatic carbocycles. The fourth-order valence-corrected chi connectivity index (χ4v) is 2.20. The SMILES string of the molecule is COCCCOC(CI)c1ccc(C)cc1. The number of ether oxygens (including phenoxy) is 2. The molecular weight excluding hydrogens is 315 g/mol. The maximum Gasteiger partial charge on any atom is 0.0914 e. The highest BCUT2D eigenvalue weighted by Gasteiger charge is 2.09. The van der Waals surface area contributed by atoms with Gasteiger partial charge in [0, 0.05) is 24.8 Å². The van der Waals surface area contributed by atoms with Gasteiger partial charge >= 0.3 is 0 Å². The molecule has 0 bridgehead atoms. The quantitative estimate of drug-likeness (QED) is 0.432. The van der Waals surface area contributed by atoms with E-state index in [2.05, 4.69) is 53.8 Å². The van der Waals surface area contributed by atoms with Gasteiger partial charge < -0.3 is 9.47 Å². The van der Waals surface area contributed by atoms with E-state index in [9.17, 15) is 0 Å². The molecule has 0 saturated carbocycles. The van der Waals surface area contributed by atoms with Gasteiger partial charge in [-0.15, -0.1) is 0 Å². The molecule has 1 rings (SSSR count). The third-order valence-corrected chi connectivity index (χ3v) is 3.20. The number of hydrogen-bond acceptors (Lipinski definition) is 2. The molecule has 16 heavy (non-hydrogen) atoms. The zero-order valence-electron chi connectivity index (χ0n) is 9.91. The van der Waals surface area contributed by atoms with Crippen LogP contribution >= 0.6 is 22.6 Å². The van der Waals surface area contributed by atoms with Gasteiger partial charge in [0.1, 0.15) is 0 Å². The van der Waals surface area contributed by atoms with Crippen LogP contribution in [0.3, 0.4) is 0 Å². The number of hydrogen-bond donors (Lipinski definition) is 0. The van der Waals surface area contributed by atoms with Crippen LogP contribution in [-0.4, -0.2) is 24.8 Å². The molecule has 0 aliphatic rings. The van der Waals surface area contributed by atoms with Crippen molar-refractivity contribution < 1.29 is 9.47 Å². The first-order valence-electron chi connectivity index (χ1n) is 5.51. The van der Waals surface area contributed by atoms with Crippen LogP contribution < -0.4 is 0 Å². The van der Waals surface area contributed by atoms with E-state index in [0.29, 0.717) is 0 Å². The lowest BCUT2D eigenvalue weighted by molar-refractivity contribution is 0.0542. The zero-order valence-corrected chi connectivity index (χ0v) is 12.1. The minimum atomic E-state index is 0.207. The summed E-state index contributed by atoms with van der Waals surface area (Å²) in [5.74, 6) is 0. The normalized spacial score (nSPS) is 12.7. The Bertz CT molecular complexity index is 284. The minimum absolute atomic E-state index is 0.207. The minimum Gasteiger partial charge on any atom is -0.385 e. The lowest BCUT2D eigenvalue weighted by Gasteiger charge is -2.16. The molecule has 0 aliphatic heterocycles. The number of alkyl halides is 1. The summed E-state index contributed by atoms with van der Waals surface area (Å²) in [6.07, 6.45) is 1.16. The Morgan fingerprint density at radius 2 is 1.88 bits per heavy atom. The van der Waals surface area contributed by atoms with E-state index >= 15 is 0 Å². The zero-order chi connectivity index (χ0) is 11.8. The van der Waals surface area contributed by atoms with E-state index in [1.165, 1.54) is 11.1 Å². The van der Waals surface area contributed by atoms with Crippen molar-refractivity contribution in [1.29, 1.82) is 0 Å². The molecule has 90 valence electrons. The number of halogens is 1. The van der Waals surface area contributed by atoms with E-state index < -0.39 is 0 Å². The van der Waals surface area contributed by atoms with Crippen molar-refractivity contribution >= 4 is 22.6 Å². The van der Waals surface area contributed by atoms with E-state index in [1.54, 1.807) is 7.11 Å². The van der Waals surface area contributed by atoms with Crippen LogP contribution in [0.2, 0.25) is 0 Å². The van der Waals surface area contributed by atoms with Crippen molar-refractivity contribution in [2.75, 3.05) is 24.8 Å². The predicted molar refractivity (Wildman–Crippen MR) is 75.3 cm³/mol. The van der Waals surface area contributed by atoms with E-state index in [-0.39, 0.29) is 6.10 Å². The van der Waals surface area contributed by atoms with Gasteiger partial charge in [-0.1, -0.05) is 52.4 Å². The molecule has 0 aromatic heterocycles. The summed E-state index contributed by atoms with van der Waals surface area (Å²) < 4.78 is 11.8. The smallest absolute Gasteiger partial charge is 0.0914 e. The van der Waals surface area contributed by atoms with Crippen molar-refractivity contribution in [2.45, 2.75) is 19.4 Å². The Balaban J connectivity index is 2.44. The number of rotatable bonds is 7. The van der Waals surface area contributed by atoms with Crippen molar-refractivity contribution in [3.8, 4) is 0 Å². The summed E-state index contributed by atoms with van der Waals surface area (Å²) >= 11 is 2.37. The molecule has 0 saturated heterocycles. The molecule has 0 heterocycles. The van der Waals surface area contributed by atoms with Crippen LogP contribution in [0.1, 0.15) is 23.7 Å². The van der Waals surface area contributed by atoms with Gasteiger partial charge in [-0.25, -0.2) is 0 Å². The third-order valence-electron chi connectivity index (χ3n) is 2.40. The van der Waals surface area contributed by atoms with Crippen LogP contribution in [0.4, 0.5) is 0 Å². The number of methoxy groups -OCH3 is 1. The summed E-state index contributed by atoms with van der Waals surface area (Å²) in [7, 11) is 1.72. The second-order valence-corrected chi connectivity index (χ2v) is 4.65. The highest BCUT2D eigenvalue weighted by Crippen LogP contribution is 2.20. The van der Waals surface area contributed by atoms with Crippen LogP contribution in [0, 0.1) is 6.92 Å². The number of aryl methyl sites for hydroxylation is 1. The molecule has 1 aromatic rings. The van der Waals surface area contributed by atoms with E-state index in [0.717, 1.165) is 24.1 Å². The first kappa shape index (κ1) is 13.9. The summed E-state index contributed by atoms with van der Waals surface area (Å²) in [5.41, 5.74) is 2.55. The fourth-order valence-electron chi connectivity index (χ4n) is 1.44. The van der Waals surface area contributed by atoms with Gasteiger partial charge in [0.15, 0.2) is 0 Å². The Hall–Kier alpha value is -0.130. The molecule has 0 aliphatic carbocycles. The van der Waals surface area contributed by atoms with Gasteiger partial charge in [-0.2, -0.15) is 0 Å². The summed E-state index contributed by atoms with van der Waals surface area (Å²) in [6, 6.07) is 8.56. The highest BCUT2D eigenvalue weighted by molar-refractivity contribution is 14.1. The maximum atomic E-state index is 5.83. The van der Waals surface area contributed by atoms with Gasteiger partial charge in [-0.3, -0.25) is 0 Å². The first-order chi connectivity index (χ1) is 7.77. The summed E-state index contributed by atoms with van der Waals surface area (Å²) in [5, 5.41) is 0. The van der Waals surface area contributed by atoms with Crippen molar-refractivity contribution in [3.05, 3.63) is 35.4 Å². The highest BCUT2D eigenvalue weighted by atomic mass is 127. The van der Waals surface area contributed by atoms with Gasteiger partial charge in [0.25, 0.3) is 0 Å². The standard InChI is InChI=1S/C13H19IO2/c1-11-4-6-12(7-5-11)13(10-14)16-9-3-8-15-2/h4-7,13H,3,8-10H2,1-2H3. The van der Waals surface area contributed by atoms with Gasteiger partial charge in [0.2, 0.25) is 0 Å².